The molecule has 0 aliphatic carbocycles. The second-order valence-electron chi connectivity index (χ2n) is 7.24. The molecule has 0 amide bonds. The maximum Gasteiger partial charge on any atom is 0.119 e. The fourth-order valence-electron chi connectivity index (χ4n) is 4.13. The van der Waals surface area contributed by atoms with Gasteiger partial charge in [0, 0.05) is 43.5 Å². The van der Waals surface area contributed by atoms with E-state index in [1.807, 2.05) is 30.6 Å². The van der Waals surface area contributed by atoms with E-state index in [0.717, 1.165) is 55.3 Å². The Morgan fingerprint density at radius 1 is 1.15 bits per heavy atom. The predicted molar refractivity (Wildman–Crippen MR) is 101 cm³/mol. The molecule has 1 atom stereocenters. The minimum absolute atomic E-state index is 0.463. The molecule has 2 saturated heterocycles. The Hall–Kier alpha value is -1.98. The molecule has 2 fully saturated rings. The standard InChI is InChI=1S/C21H27N3O2/c1-25-19-6-2-4-16(12-19)20-13-22-14-21(23-20)17-5-3-9-24(15-17)18-7-10-26-11-8-18/h2,4,6,12-14,17-18H,3,5,7-11,15H2,1H3/t17-/m1/s1. The third kappa shape index (κ3) is 3.89. The van der Waals surface area contributed by atoms with Gasteiger partial charge in [0.2, 0.25) is 0 Å². The number of hydrogen-bond acceptors (Lipinski definition) is 5. The van der Waals surface area contributed by atoms with Crippen molar-refractivity contribution in [3.8, 4) is 17.0 Å². The van der Waals surface area contributed by atoms with Gasteiger partial charge in [0.05, 0.1) is 24.7 Å². The van der Waals surface area contributed by atoms with E-state index in [1.54, 1.807) is 7.11 Å². The Labute approximate surface area is 155 Å². The van der Waals surface area contributed by atoms with Gasteiger partial charge in [0.1, 0.15) is 5.75 Å². The van der Waals surface area contributed by atoms with Gasteiger partial charge >= 0.3 is 0 Å². The first-order valence-electron chi connectivity index (χ1n) is 9.61. The van der Waals surface area contributed by atoms with Crippen LogP contribution in [0.3, 0.4) is 0 Å². The summed E-state index contributed by atoms with van der Waals surface area (Å²) in [5, 5.41) is 0. The maximum atomic E-state index is 5.53. The molecule has 2 aliphatic heterocycles. The van der Waals surface area contributed by atoms with Crippen LogP contribution in [0.2, 0.25) is 0 Å². The third-order valence-corrected chi connectivity index (χ3v) is 5.60. The topological polar surface area (TPSA) is 47.5 Å². The van der Waals surface area contributed by atoms with Crippen molar-refractivity contribution in [2.24, 2.45) is 0 Å². The number of piperidine rings is 1. The van der Waals surface area contributed by atoms with E-state index in [0.29, 0.717) is 12.0 Å². The van der Waals surface area contributed by atoms with Gasteiger partial charge in [-0.3, -0.25) is 9.88 Å². The molecular weight excluding hydrogens is 326 g/mol. The molecule has 2 aliphatic rings. The summed E-state index contributed by atoms with van der Waals surface area (Å²) in [5.74, 6) is 1.31. The van der Waals surface area contributed by atoms with Gasteiger partial charge < -0.3 is 9.47 Å². The fraction of sp³-hybridized carbons (Fsp3) is 0.524. The Kier molecular flexibility index (Phi) is 5.46. The largest absolute Gasteiger partial charge is 0.497 e. The molecule has 0 unspecified atom stereocenters. The first-order chi connectivity index (χ1) is 12.8. The molecule has 3 heterocycles. The van der Waals surface area contributed by atoms with Crippen LogP contribution in [-0.2, 0) is 4.74 Å². The third-order valence-electron chi connectivity index (χ3n) is 5.60. The molecule has 2 aromatic rings. The number of nitrogens with zero attached hydrogens (tertiary/aromatic N) is 3. The van der Waals surface area contributed by atoms with E-state index in [9.17, 15) is 0 Å². The lowest BCUT2D eigenvalue weighted by Gasteiger charge is -2.39. The van der Waals surface area contributed by atoms with Crippen LogP contribution in [0.1, 0.15) is 37.3 Å². The molecule has 138 valence electrons. The van der Waals surface area contributed by atoms with Crippen molar-refractivity contribution in [1.29, 1.82) is 0 Å². The van der Waals surface area contributed by atoms with Crippen molar-refractivity contribution in [1.82, 2.24) is 14.9 Å². The van der Waals surface area contributed by atoms with Crippen LogP contribution in [0.4, 0.5) is 0 Å². The number of methoxy groups -OCH3 is 1. The molecule has 1 aromatic carbocycles. The fourth-order valence-corrected chi connectivity index (χ4v) is 4.13. The number of ether oxygens (including phenoxy) is 2. The van der Waals surface area contributed by atoms with E-state index in [2.05, 4.69) is 16.0 Å². The van der Waals surface area contributed by atoms with Gasteiger partial charge in [-0.15, -0.1) is 0 Å². The Bertz CT molecular complexity index is 731. The smallest absolute Gasteiger partial charge is 0.119 e. The summed E-state index contributed by atoms with van der Waals surface area (Å²) in [4.78, 5) is 12.1. The van der Waals surface area contributed by atoms with E-state index >= 15 is 0 Å². The maximum absolute atomic E-state index is 5.53. The zero-order valence-corrected chi connectivity index (χ0v) is 15.4. The normalized spacial score (nSPS) is 22.3. The minimum Gasteiger partial charge on any atom is -0.497 e. The van der Waals surface area contributed by atoms with Gasteiger partial charge in [0.25, 0.3) is 0 Å². The van der Waals surface area contributed by atoms with Crippen molar-refractivity contribution < 1.29 is 9.47 Å². The summed E-state index contributed by atoms with van der Waals surface area (Å²) in [5.41, 5.74) is 3.09. The Morgan fingerprint density at radius 3 is 2.88 bits per heavy atom. The van der Waals surface area contributed by atoms with E-state index < -0.39 is 0 Å². The molecule has 26 heavy (non-hydrogen) atoms. The Balaban J connectivity index is 1.52. The van der Waals surface area contributed by atoms with Gasteiger partial charge in [-0.05, 0) is 44.4 Å². The minimum atomic E-state index is 0.463. The van der Waals surface area contributed by atoms with Crippen molar-refractivity contribution in [3.05, 3.63) is 42.4 Å². The van der Waals surface area contributed by atoms with Gasteiger partial charge in [-0.2, -0.15) is 0 Å². The van der Waals surface area contributed by atoms with E-state index in [-0.39, 0.29) is 0 Å². The lowest BCUT2D eigenvalue weighted by molar-refractivity contribution is 0.0237. The highest BCUT2D eigenvalue weighted by Gasteiger charge is 2.28. The van der Waals surface area contributed by atoms with Gasteiger partial charge in [0.15, 0.2) is 0 Å². The number of aromatic nitrogens is 2. The molecule has 0 spiro atoms. The summed E-state index contributed by atoms with van der Waals surface area (Å²) in [7, 11) is 1.69. The summed E-state index contributed by atoms with van der Waals surface area (Å²) in [6.07, 6.45) is 8.52. The van der Waals surface area contributed by atoms with Crippen LogP contribution < -0.4 is 4.74 Å². The van der Waals surface area contributed by atoms with Gasteiger partial charge in [-0.25, -0.2) is 4.98 Å². The van der Waals surface area contributed by atoms with Crippen molar-refractivity contribution in [3.63, 3.8) is 0 Å². The quantitative estimate of drug-likeness (QED) is 0.842. The molecule has 0 radical (unpaired) electrons. The monoisotopic (exact) mass is 353 g/mol. The second kappa shape index (κ2) is 8.14. The van der Waals surface area contributed by atoms with Crippen LogP contribution in [-0.4, -0.2) is 54.3 Å². The van der Waals surface area contributed by atoms with Crippen LogP contribution in [0.15, 0.2) is 36.7 Å². The average molecular weight is 353 g/mol. The number of benzene rings is 1. The van der Waals surface area contributed by atoms with Crippen molar-refractivity contribution in [2.75, 3.05) is 33.4 Å². The highest BCUT2D eigenvalue weighted by molar-refractivity contribution is 5.60. The Morgan fingerprint density at radius 2 is 2.04 bits per heavy atom. The molecule has 4 rings (SSSR count). The number of rotatable bonds is 4. The molecular formula is C21H27N3O2. The SMILES string of the molecule is COc1cccc(-c2cncc([C@@H]3CCCN(C4CCOCC4)C3)n2)c1. The molecule has 0 N–H and O–H groups in total. The summed E-state index contributed by atoms with van der Waals surface area (Å²) in [6, 6.07) is 8.69. The van der Waals surface area contributed by atoms with Crippen LogP contribution >= 0.6 is 0 Å². The van der Waals surface area contributed by atoms with Crippen molar-refractivity contribution in [2.45, 2.75) is 37.6 Å². The lowest BCUT2D eigenvalue weighted by Crippen LogP contribution is -2.44. The van der Waals surface area contributed by atoms with Gasteiger partial charge in [-0.1, -0.05) is 12.1 Å². The number of hydrogen-bond donors (Lipinski definition) is 0. The highest BCUT2D eigenvalue weighted by atomic mass is 16.5. The van der Waals surface area contributed by atoms with E-state index in [4.69, 9.17) is 14.5 Å². The molecule has 5 nitrogen and oxygen atoms in total. The zero-order chi connectivity index (χ0) is 17.8. The van der Waals surface area contributed by atoms with Crippen molar-refractivity contribution >= 4 is 0 Å². The highest BCUT2D eigenvalue weighted by Crippen LogP contribution is 2.30. The van der Waals surface area contributed by atoms with Crippen LogP contribution in [0.25, 0.3) is 11.3 Å². The zero-order valence-electron chi connectivity index (χ0n) is 15.4. The summed E-state index contributed by atoms with van der Waals surface area (Å²) >= 11 is 0. The average Bonchev–Trinajstić information content (AvgIpc) is 2.74. The lowest BCUT2D eigenvalue weighted by atomic mass is 9.92. The predicted octanol–water partition coefficient (Wildman–Crippen LogP) is 3.51. The first kappa shape index (κ1) is 17.4. The molecule has 1 aromatic heterocycles. The molecule has 0 bridgehead atoms. The molecule has 0 saturated carbocycles. The summed E-state index contributed by atoms with van der Waals surface area (Å²) in [6.45, 7) is 4.08. The van der Waals surface area contributed by atoms with Crippen LogP contribution in [0, 0.1) is 0 Å². The first-order valence-corrected chi connectivity index (χ1v) is 9.61. The second-order valence-corrected chi connectivity index (χ2v) is 7.24. The summed E-state index contributed by atoms with van der Waals surface area (Å²) < 4.78 is 10.9. The van der Waals surface area contributed by atoms with Crippen LogP contribution in [0.5, 0.6) is 5.75 Å². The van der Waals surface area contributed by atoms with E-state index in [1.165, 1.54) is 19.4 Å². The number of likely N-dealkylation sites (tertiary alicyclic amines) is 1. The molecule has 5 heteroatoms.